The molecule has 1 atom stereocenters. The number of amides is 1. The van der Waals surface area contributed by atoms with Gasteiger partial charge in [-0.05, 0) is 0 Å². The average Bonchev–Trinajstić information content (AvgIpc) is 2.95. The first-order valence-electron chi connectivity index (χ1n) is 11.2. The summed E-state index contributed by atoms with van der Waals surface area (Å²) in [4.78, 5) is 26.7. The Labute approximate surface area is 196 Å². The SMILES string of the molecule is CCO[PH]1(O)N=C(C2=C(O)[C@H](C(C)(C)C)N(CCC(C)(C)C)C2=O)Nc2ccc(C#N)cc21. The number of amidine groups is 1. The van der Waals surface area contributed by atoms with Crippen molar-refractivity contribution in [3.63, 3.8) is 0 Å². The van der Waals surface area contributed by atoms with Gasteiger partial charge in [0, 0.05) is 0 Å². The monoisotopic (exact) mass is 474 g/mol. The number of nitrogens with zero attached hydrogens (tertiary/aromatic N) is 3. The molecule has 2 aliphatic rings. The Bertz CT molecular complexity index is 1060. The van der Waals surface area contributed by atoms with E-state index in [1.165, 1.54) is 0 Å². The van der Waals surface area contributed by atoms with Crippen LogP contribution in [0.25, 0.3) is 0 Å². The van der Waals surface area contributed by atoms with Crippen LogP contribution in [0, 0.1) is 22.2 Å². The quantitative estimate of drug-likeness (QED) is 0.555. The molecule has 0 saturated carbocycles. The number of anilines is 1. The van der Waals surface area contributed by atoms with Crippen LogP contribution in [0.5, 0.6) is 0 Å². The Morgan fingerprint density at radius 3 is 2.48 bits per heavy atom. The molecule has 8 nitrogen and oxygen atoms in total. The van der Waals surface area contributed by atoms with E-state index in [0.29, 0.717) is 23.1 Å². The topological polar surface area (TPSA) is 118 Å². The van der Waals surface area contributed by atoms with Crippen LogP contribution in [0.4, 0.5) is 5.69 Å². The third-order valence-electron chi connectivity index (χ3n) is 5.82. The molecule has 0 aromatic heterocycles. The second-order valence-corrected chi connectivity index (χ2v) is 13.1. The van der Waals surface area contributed by atoms with Crippen LogP contribution in [0.15, 0.2) is 34.3 Å². The van der Waals surface area contributed by atoms with Crippen molar-refractivity contribution in [2.45, 2.75) is 60.9 Å². The van der Waals surface area contributed by atoms with Gasteiger partial charge >= 0.3 is 196 Å². The van der Waals surface area contributed by atoms with Gasteiger partial charge in [0.25, 0.3) is 0 Å². The van der Waals surface area contributed by atoms with Gasteiger partial charge in [-0.25, -0.2) is 0 Å². The normalized spacial score (nSPS) is 21.3. The molecule has 180 valence electrons. The zero-order valence-corrected chi connectivity index (χ0v) is 21.5. The van der Waals surface area contributed by atoms with Crippen molar-refractivity contribution in [2.75, 3.05) is 18.5 Å². The van der Waals surface area contributed by atoms with E-state index in [1.807, 2.05) is 20.8 Å². The van der Waals surface area contributed by atoms with Gasteiger partial charge in [0.15, 0.2) is 0 Å². The minimum atomic E-state index is -3.87. The molecule has 0 radical (unpaired) electrons. The number of benzene rings is 1. The van der Waals surface area contributed by atoms with Crippen LogP contribution >= 0.6 is 7.87 Å². The van der Waals surface area contributed by atoms with E-state index < -0.39 is 19.3 Å². The van der Waals surface area contributed by atoms with Gasteiger partial charge in [0.2, 0.25) is 0 Å². The fraction of sp³-hybridized carbons (Fsp3) is 0.542. The van der Waals surface area contributed by atoms with Gasteiger partial charge in [-0.15, -0.1) is 0 Å². The second kappa shape index (κ2) is 8.72. The van der Waals surface area contributed by atoms with Crippen LogP contribution in [0.1, 0.15) is 60.5 Å². The molecular weight excluding hydrogens is 439 g/mol. The van der Waals surface area contributed by atoms with Crippen LogP contribution in [0.2, 0.25) is 0 Å². The number of hydrogen-bond acceptors (Lipinski definition) is 7. The first kappa shape index (κ1) is 25.2. The van der Waals surface area contributed by atoms with E-state index in [1.54, 1.807) is 30.0 Å². The van der Waals surface area contributed by atoms with E-state index in [0.717, 1.165) is 6.42 Å². The standard InChI is InChI=1S/C24H35N4O4P/c1-8-32-33(31)17-13-15(14-25)9-10-16(17)26-21(27-33)18-19(29)20(24(5,6)7)28(22(18)30)12-11-23(2,3)4/h9-10,13,20,29,31,33H,8,11-12H2,1-7H3,(H,26,27)/t20-/m1/s1. The summed E-state index contributed by atoms with van der Waals surface area (Å²) in [6, 6.07) is 6.38. The molecule has 0 spiro atoms. The number of fused-ring (bicyclic) bond motifs is 1. The Hall–Kier alpha value is -2.46. The molecule has 0 fully saturated rings. The van der Waals surface area contributed by atoms with Crippen molar-refractivity contribution in [2.24, 2.45) is 15.6 Å². The van der Waals surface area contributed by atoms with Crippen LogP contribution < -0.4 is 10.6 Å². The van der Waals surface area contributed by atoms with Crippen LogP contribution in [0.3, 0.4) is 0 Å². The summed E-state index contributed by atoms with van der Waals surface area (Å²) in [7, 11) is -3.87. The number of nitrogens with one attached hydrogen (secondary N) is 1. The number of carbonyl (C=O) groups excluding carboxylic acids is 1. The number of nitriles is 1. The van der Waals surface area contributed by atoms with Crippen molar-refractivity contribution in [1.29, 1.82) is 5.26 Å². The first-order chi connectivity index (χ1) is 15.2. The van der Waals surface area contributed by atoms with Crippen molar-refractivity contribution in [3.05, 3.63) is 35.1 Å². The van der Waals surface area contributed by atoms with Gasteiger partial charge in [0.1, 0.15) is 0 Å². The first-order valence-corrected chi connectivity index (χ1v) is 13.0. The van der Waals surface area contributed by atoms with E-state index in [9.17, 15) is 20.1 Å². The van der Waals surface area contributed by atoms with Gasteiger partial charge in [-0.1, -0.05) is 0 Å². The molecule has 3 N–H and O–H groups in total. The Kier molecular flexibility index (Phi) is 6.65. The molecule has 2 heterocycles. The fourth-order valence-electron chi connectivity index (χ4n) is 4.23. The third-order valence-corrected chi connectivity index (χ3v) is 8.16. The molecule has 0 bridgehead atoms. The van der Waals surface area contributed by atoms with E-state index in [-0.39, 0.29) is 35.1 Å². The summed E-state index contributed by atoms with van der Waals surface area (Å²) in [5.41, 5.74) is 0.544. The number of hydrogen-bond donors (Lipinski definition) is 3. The van der Waals surface area contributed by atoms with Gasteiger partial charge in [0.05, 0.1) is 0 Å². The number of rotatable bonds is 5. The zero-order chi connectivity index (χ0) is 24.8. The van der Waals surface area contributed by atoms with Crippen molar-refractivity contribution in [3.8, 4) is 6.07 Å². The minimum absolute atomic E-state index is 0.0151. The number of aliphatic hydroxyl groups is 1. The summed E-state index contributed by atoms with van der Waals surface area (Å²) in [5.74, 6) is -0.282. The molecular formula is C24H35N4O4P. The molecule has 0 saturated heterocycles. The van der Waals surface area contributed by atoms with Crippen LogP contribution in [-0.4, -0.2) is 45.8 Å². The Balaban J connectivity index is 2.10. The summed E-state index contributed by atoms with van der Waals surface area (Å²) >= 11 is 0. The number of aliphatic hydroxyl groups excluding tert-OH is 1. The second-order valence-electron chi connectivity index (χ2n) is 10.8. The van der Waals surface area contributed by atoms with Gasteiger partial charge in [-0.3, -0.25) is 0 Å². The van der Waals surface area contributed by atoms with E-state index in [4.69, 9.17) is 4.52 Å². The molecule has 33 heavy (non-hydrogen) atoms. The van der Waals surface area contributed by atoms with Crippen molar-refractivity contribution in [1.82, 2.24) is 4.90 Å². The molecule has 9 heteroatoms. The van der Waals surface area contributed by atoms with Crippen molar-refractivity contribution < 1.29 is 19.3 Å². The summed E-state index contributed by atoms with van der Waals surface area (Å²) < 4.78 is 10.2. The average molecular weight is 475 g/mol. The zero-order valence-electron chi connectivity index (χ0n) is 20.5. The van der Waals surface area contributed by atoms with E-state index in [2.05, 4.69) is 36.9 Å². The van der Waals surface area contributed by atoms with Crippen LogP contribution in [-0.2, 0) is 9.32 Å². The summed E-state index contributed by atoms with van der Waals surface area (Å²) in [6.45, 7) is 14.7. The number of carbonyl (C=O) groups is 1. The summed E-state index contributed by atoms with van der Waals surface area (Å²) in [6.07, 6.45) is 0.767. The molecule has 0 unspecified atom stereocenters. The maximum atomic E-state index is 13.6. The fourth-order valence-corrected chi connectivity index (χ4v) is 6.28. The molecule has 1 amide bonds. The maximum absolute atomic E-state index is 13.6. The molecule has 1 aromatic rings. The molecule has 1 aromatic carbocycles. The molecule has 3 rings (SSSR count). The van der Waals surface area contributed by atoms with Crippen molar-refractivity contribution >= 4 is 30.6 Å². The molecule has 2 aliphatic heterocycles. The Morgan fingerprint density at radius 2 is 1.94 bits per heavy atom. The van der Waals surface area contributed by atoms with E-state index >= 15 is 0 Å². The van der Waals surface area contributed by atoms with Gasteiger partial charge in [-0.2, -0.15) is 0 Å². The predicted octanol–water partition coefficient (Wildman–Crippen LogP) is 4.04. The summed E-state index contributed by atoms with van der Waals surface area (Å²) in [5, 5.41) is 24.1. The third kappa shape index (κ3) is 4.91. The predicted molar refractivity (Wildman–Crippen MR) is 133 cm³/mol. The van der Waals surface area contributed by atoms with Gasteiger partial charge < -0.3 is 0 Å². The molecule has 0 aliphatic carbocycles. The Morgan fingerprint density at radius 1 is 1.27 bits per heavy atom.